The van der Waals surface area contributed by atoms with E-state index in [0.29, 0.717) is 13.2 Å². The number of epoxide rings is 1. The van der Waals surface area contributed by atoms with Crippen molar-refractivity contribution < 1.29 is 18.7 Å². The van der Waals surface area contributed by atoms with Gasteiger partial charge in [-0.25, -0.2) is 0 Å². The van der Waals surface area contributed by atoms with Gasteiger partial charge in [-0.2, -0.15) is 0 Å². The molecular weight excluding hydrogens is 248 g/mol. The molecule has 0 bridgehead atoms. The van der Waals surface area contributed by atoms with Crippen LogP contribution in [0, 0.1) is 0 Å². The average molecular weight is 272 g/mol. The summed E-state index contributed by atoms with van der Waals surface area (Å²) >= 11 is 0. The molecule has 18 heavy (non-hydrogen) atoms. The third kappa shape index (κ3) is 2.41. The highest BCUT2D eigenvalue weighted by molar-refractivity contribution is 6.73. The first-order valence-electron chi connectivity index (χ1n) is 7.04. The van der Waals surface area contributed by atoms with Crippen LogP contribution in [0.2, 0.25) is 18.1 Å². The minimum atomic E-state index is -1.73. The van der Waals surface area contributed by atoms with E-state index in [9.17, 15) is 4.79 Å². The second kappa shape index (κ2) is 5.41. The van der Waals surface area contributed by atoms with Gasteiger partial charge in [0.25, 0.3) is 0 Å². The van der Waals surface area contributed by atoms with Crippen molar-refractivity contribution in [3.05, 3.63) is 0 Å². The first-order chi connectivity index (χ1) is 8.65. The Balaban J connectivity index is 2.15. The van der Waals surface area contributed by atoms with Crippen molar-refractivity contribution in [1.82, 2.24) is 0 Å². The van der Waals surface area contributed by atoms with Crippen molar-refractivity contribution in [3.63, 3.8) is 0 Å². The van der Waals surface area contributed by atoms with E-state index in [1.54, 1.807) is 0 Å². The van der Waals surface area contributed by atoms with Gasteiger partial charge in [0.2, 0.25) is 0 Å². The topological polar surface area (TPSA) is 48.1 Å². The van der Waals surface area contributed by atoms with E-state index in [0.717, 1.165) is 30.8 Å². The van der Waals surface area contributed by atoms with Crippen LogP contribution < -0.4 is 0 Å². The van der Waals surface area contributed by atoms with Crippen LogP contribution in [0.3, 0.4) is 0 Å². The maximum absolute atomic E-state index is 11.2. The zero-order chi connectivity index (χ0) is 13.2. The quantitative estimate of drug-likeness (QED) is 0.422. The molecule has 2 rings (SSSR count). The van der Waals surface area contributed by atoms with Crippen molar-refractivity contribution in [1.29, 1.82) is 0 Å². The Kier molecular flexibility index (Phi) is 4.26. The van der Waals surface area contributed by atoms with E-state index >= 15 is 0 Å². The summed E-state index contributed by atoms with van der Waals surface area (Å²) in [7, 11) is -1.73. The normalized spacial score (nSPS) is 35.7. The molecule has 4 nitrogen and oxygen atoms in total. The molecule has 2 fully saturated rings. The molecule has 0 saturated carbocycles. The monoisotopic (exact) mass is 272 g/mol. The summed E-state index contributed by atoms with van der Waals surface area (Å²) in [6.07, 6.45) is 1.10. The number of ether oxygens (including phenoxy) is 2. The molecule has 1 spiro atoms. The fourth-order valence-electron chi connectivity index (χ4n) is 2.85. The molecule has 2 saturated heterocycles. The van der Waals surface area contributed by atoms with E-state index in [-0.39, 0.29) is 11.7 Å². The lowest BCUT2D eigenvalue weighted by Crippen LogP contribution is -2.55. The van der Waals surface area contributed by atoms with Gasteiger partial charge >= 0.3 is 0 Å². The van der Waals surface area contributed by atoms with E-state index < -0.39 is 14.4 Å². The largest absolute Gasteiger partial charge is 0.408 e. The smallest absolute Gasteiger partial charge is 0.192 e. The van der Waals surface area contributed by atoms with Crippen molar-refractivity contribution in [2.24, 2.45) is 0 Å². The van der Waals surface area contributed by atoms with Crippen LogP contribution in [-0.4, -0.2) is 45.6 Å². The Bertz CT molecular complexity index is 291. The summed E-state index contributed by atoms with van der Waals surface area (Å²) in [5.74, 6) is 0. The SMILES string of the molecule is CC[Si](CC)(CC)O[C@@H]1[C@@H](C=O)OCC[C@@]12CO2. The van der Waals surface area contributed by atoms with Crippen LogP contribution in [-0.2, 0) is 18.7 Å². The van der Waals surface area contributed by atoms with E-state index in [1.807, 2.05) is 0 Å². The van der Waals surface area contributed by atoms with Crippen LogP contribution in [0.25, 0.3) is 0 Å². The third-order valence-corrected chi connectivity index (χ3v) is 9.23. The number of carbonyl (C=O) groups excluding carboxylic acids is 1. The van der Waals surface area contributed by atoms with Gasteiger partial charge in [-0.3, -0.25) is 0 Å². The third-order valence-electron chi connectivity index (χ3n) is 4.61. The molecule has 0 aromatic carbocycles. The Morgan fingerprint density at radius 1 is 1.33 bits per heavy atom. The van der Waals surface area contributed by atoms with Crippen molar-refractivity contribution >= 4 is 14.6 Å². The van der Waals surface area contributed by atoms with Gasteiger partial charge in [0.15, 0.2) is 14.6 Å². The number of aldehydes is 1. The summed E-state index contributed by atoms with van der Waals surface area (Å²) < 4.78 is 17.6. The molecule has 2 aliphatic rings. The second-order valence-corrected chi connectivity index (χ2v) is 10.1. The summed E-state index contributed by atoms with van der Waals surface area (Å²) in [5, 5.41) is 0. The minimum absolute atomic E-state index is 0.185. The van der Waals surface area contributed by atoms with Crippen LogP contribution in [0.15, 0.2) is 0 Å². The standard InChI is InChI=1S/C13H24O4Si/c1-4-18(5-2,6-3)17-12-11(9-14)15-8-7-13(12)10-16-13/h9,11-12H,4-8,10H2,1-3H3/t11-,12-,13-/m1/s1. The molecule has 2 heterocycles. The first-order valence-corrected chi connectivity index (χ1v) is 9.57. The molecule has 2 aliphatic heterocycles. The van der Waals surface area contributed by atoms with E-state index in [2.05, 4.69) is 20.8 Å². The van der Waals surface area contributed by atoms with Crippen LogP contribution in [0.5, 0.6) is 0 Å². The lowest BCUT2D eigenvalue weighted by molar-refractivity contribution is -0.139. The van der Waals surface area contributed by atoms with Gasteiger partial charge in [0.1, 0.15) is 17.8 Å². The molecule has 3 atom stereocenters. The fourth-order valence-corrected chi connectivity index (χ4v) is 5.74. The minimum Gasteiger partial charge on any atom is -0.408 e. The fraction of sp³-hybridized carbons (Fsp3) is 0.923. The molecule has 0 aromatic rings. The Labute approximate surface area is 110 Å². The number of hydrogen-bond acceptors (Lipinski definition) is 4. The molecule has 0 radical (unpaired) electrons. The molecule has 0 amide bonds. The van der Waals surface area contributed by atoms with Crippen LogP contribution in [0.4, 0.5) is 0 Å². The highest BCUT2D eigenvalue weighted by atomic mass is 28.4. The number of carbonyl (C=O) groups is 1. The van der Waals surface area contributed by atoms with Crippen LogP contribution in [0.1, 0.15) is 27.2 Å². The molecule has 0 N–H and O–H groups in total. The zero-order valence-electron chi connectivity index (χ0n) is 11.6. The van der Waals surface area contributed by atoms with Gasteiger partial charge in [-0.05, 0) is 18.1 Å². The summed E-state index contributed by atoms with van der Waals surface area (Å²) in [6.45, 7) is 7.90. The lowest BCUT2D eigenvalue weighted by atomic mass is 9.93. The highest BCUT2D eigenvalue weighted by Crippen LogP contribution is 2.43. The molecule has 5 heteroatoms. The molecule has 104 valence electrons. The summed E-state index contributed by atoms with van der Waals surface area (Å²) in [5.41, 5.74) is -0.221. The van der Waals surface area contributed by atoms with E-state index in [1.165, 1.54) is 0 Å². The van der Waals surface area contributed by atoms with Gasteiger partial charge in [-0.15, -0.1) is 0 Å². The van der Waals surface area contributed by atoms with Gasteiger partial charge < -0.3 is 18.7 Å². The summed E-state index contributed by atoms with van der Waals surface area (Å²) in [6, 6.07) is 3.24. The van der Waals surface area contributed by atoms with Crippen molar-refractivity contribution in [3.8, 4) is 0 Å². The van der Waals surface area contributed by atoms with Gasteiger partial charge in [-0.1, -0.05) is 20.8 Å². The molecular formula is C13H24O4Si. The Morgan fingerprint density at radius 2 is 1.94 bits per heavy atom. The van der Waals surface area contributed by atoms with Crippen LogP contribution >= 0.6 is 0 Å². The van der Waals surface area contributed by atoms with Crippen molar-refractivity contribution in [2.45, 2.75) is 63.1 Å². The maximum Gasteiger partial charge on any atom is 0.192 e. The predicted molar refractivity (Wildman–Crippen MR) is 71.2 cm³/mol. The Hall–Kier alpha value is -0.233. The van der Waals surface area contributed by atoms with Gasteiger partial charge in [0, 0.05) is 6.42 Å². The Morgan fingerprint density at radius 3 is 2.39 bits per heavy atom. The second-order valence-electron chi connectivity index (χ2n) is 5.36. The molecule has 0 aromatic heterocycles. The average Bonchev–Trinajstić information content (AvgIpc) is 3.18. The maximum atomic E-state index is 11.2. The first kappa shape index (κ1) is 14.2. The number of rotatable bonds is 6. The van der Waals surface area contributed by atoms with Gasteiger partial charge in [0.05, 0.1) is 13.2 Å². The highest BCUT2D eigenvalue weighted by Gasteiger charge is 2.59. The summed E-state index contributed by atoms with van der Waals surface area (Å²) in [4.78, 5) is 11.2. The molecule has 0 unspecified atom stereocenters. The predicted octanol–water partition coefficient (Wildman–Crippen LogP) is 2.13. The lowest BCUT2D eigenvalue weighted by Gasteiger charge is -2.40. The van der Waals surface area contributed by atoms with E-state index in [4.69, 9.17) is 13.9 Å². The number of hydrogen-bond donors (Lipinski definition) is 0. The zero-order valence-corrected chi connectivity index (χ0v) is 12.6. The van der Waals surface area contributed by atoms with Crippen molar-refractivity contribution in [2.75, 3.05) is 13.2 Å². The molecule has 0 aliphatic carbocycles.